The van der Waals surface area contributed by atoms with Gasteiger partial charge in [0.1, 0.15) is 8.07 Å². The summed E-state index contributed by atoms with van der Waals surface area (Å²) in [5, 5.41) is 4.70. The molecule has 0 spiro atoms. The maximum atomic E-state index is 2.58. The van der Waals surface area contributed by atoms with Crippen molar-refractivity contribution in [3.63, 3.8) is 0 Å². The number of allylic oxidation sites excluding steroid dienone is 4. The standard InChI is InChI=1S/C29H30Si/c1-19-17-26-24(21(19)3)13-9-15-28(26)30(5,23-11-7-6-8-12-23)29-16-10-14-25-22(4)20(2)18-27(25)29/h6-16H,17-18H2,1-5H3. The first-order chi connectivity index (χ1) is 14.4. The van der Waals surface area contributed by atoms with Gasteiger partial charge in [0, 0.05) is 0 Å². The van der Waals surface area contributed by atoms with Crippen LogP contribution in [0.1, 0.15) is 49.9 Å². The highest BCUT2D eigenvalue weighted by Gasteiger charge is 2.40. The van der Waals surface area contributed by atoms with Crippen LogP contribution in [0, 0.1) is 0 Å². The van der Waals surface area contributed by atoms with E-state index in [0.29, 0.717) is 0 Å². The Morgan fingerprint density at radius 3 is 1.50 bits per heavy atom. The van der Waals surface area contributed by atoms with Gasteiger partial charge in [-0.2, -0.15) is 0 Å². The van der Waals surface area contributed by atoms with E-state index < -0.39 is 8.07 Å². The Hall–Kier alpha value is -2.64. The molecule has 0 fully saturated rings. The average Bonchev–Trinajstić information content (AvgIpc) is 3.23. The van der Waals surface area contributed by atoms with E-state index in [9.17, 15) is 0 Å². The molecular formula is C29H30Si. The SMILES string of the molecule is CC1=C(C)c2cccc([Si](C)(c3ccccc3)c3cccc4c3CC(C)=C4C)c2C1. The predicted molar refractivity (Wildman–Crippen MR) is 134 cm³/mol. The quantitative estimate of drug-likeness (QED) is 0.399. The highest BCUT2D eigenvalue weighted by atomic mass is 28.3. The number of fused-ring (bicyclic) bond motifs is 2. The Balaban J connectivity index is 1.81. The van der Waals surface area contributed by atoms with Crippen LogP contribution in [0.2, 0.25) is 6.55 Å². The van der Waals surface area contributed by atoms with E-state index in [0.717, 1.165) is 12.8 Å². The Morgan fingerprint density at radius 1 is 0.567 bits per heavy atom. The van der Waals surface area contributed by atoms with Gasteiger partial charge in [0.15, 0.2) is 0 Å². The minimum absolute atomic E-state index is 1.10. The largest absolute Gasteiger partial charge is 0.146 e. The summed E-state index contributed by atoms with van der Waals surface area (Å²) in [5.41, 5.74) is 12.1. The van der Waals surface area contributed by atoms with E-state index in [4.69, 9.17) is 0 Å². The zero-order valence-electron chi connectivity index (χ0n) is 18.8. The fourth-order valence-corrected chi connectivity index (χ4v) is 9.96. The van der Waals surface area contributed by atoms with E-state index in [1.165, 1.54) is 38.6 Å². The zero-order valence-corrected chi connectivity index (χ0v) is 19.8. The van der Waals surface area contributed by atoms with Gasteiger partial charge in [0.25, 0.3) is 0 Å². The molecule has 0 N–H and O–H groups in total. The minimum atomic E-state index is -2.16. The van der Waals surface area contributed by atoms with E-state index in [2.05, 4.69) is 101 Å². The van der Waals surface area contributed by atoms with Crippen LogP contribution in [0.15, 0.2) is 77.9 Å². The highest BCUT2D eigenvalue weighted by Crippen LogP contribution is 2.34. The molecule has 3 aromatic rings. The normalized spacial score (nSPS) is 15.6. The van der Waals surface area contributed by atoms with Crippen molar-refractivity contribution in [2.45, 2.75) is 47.1 Å². The lowest BCUT2D eigenvalue weighted by Crippen LogP contribution is -2.66. The third kappa shape index (κ3) is 2.65. The van der Waals surface area contributed by atoms with Gasteiger partial charge >= 0.3 is 0 Å². The average molecular weight is 407 g/mol. The molecule has 150 valence electrons. The minimum Gasteiger partial charge on any atom is -0.0654 e. The lowest BCUT2D eigenvalue weighted by atomic mass is 10.1. The van der Waals surface area contributed by atoms with Crippen molar-refractivity contribution in [1.82, 2.24) is 0 Å². The molecule has 2 aliphatic carbocycles. The molecule has 0 atom stereocenters. The van der Waals surface area contributed by atoms with E-state index in [1.807, 2.05) is 0 Å². The molecule has 5 rings (SSSR count). The molecule has 0 aliphatic heterocycles. The van der Waals surface area contributed by atoms with Crippen LogP contribution in [0.3, 0.4) is 0 Å². The van der Waals surface area contributed by atoms with Gasteiger partial charge in [-0.1, -0.05) is 84.4 Å². The Morgan fingerprint density at radius 2 is 1.03 bits per heavy atom. The van der Waals surface area contributed by atoms with Crippen LogP contribution < -0.4 is 15.6 Å². The third-order valence-corrected chi connectivity index (χ3v) is 12.3. The van der Waals surface area contributed by atoms with Gasteiger partial charge in [-0.25, -0.2) is 0 Å². The van der Waals surface area contributed by atoms with Crippen LogP contribution >= 0.6 is 0 Å². The summed E-state index contributed by atoms with van der Waals surface area (Å²) in [4.78, 5) is 0. The van der Waals surface area contributed by atoms with Crippen LogP contribution in [0.4, 0.5) is 0 Å². The summed E-state index contributed by atoms with van der Waals surface area (Å²) < 4.78 is 0. The second kappa shape index (κ2) is 6.96. The molecule has 3 aromatic carbocycles. The molecule has 0 saturated carbocycles. The summed E-state index contributed by atoms with van der Waals surface area (Å²) >= 11 is 0. The lowest BCUT2D eigenvalue weighted by Gasteiger charge is -2.33. The maximum absolute atomic E-state index is 2.58. The van der Waals surface area contributed by atoms with Gasteiger partial charge in [-0.05, 0) is 89.5 Å². The molecule has 0 amide bonds. The molecule has 0 bridgehead atoms. The van der Waals surface area contributed by atoms with Crippen molar-refractivity contribution < 1.29 is 0 Å². The van der Waals surface area contributed by atoms with Crippen LogP contribution in [0.25, 0.3) is 11.1 Å². The van der Waals surface area contributed by atoms with Gasteiger partial charge < -0.3 is 0 Å². The first-order valence-electron chi connectivity index (χ1n) is 11.1. The van der Waals surface area contributed by atoms with Crippen molar-refractivity contribution in [3.8, 4) is 0 Å². The first-order valence-corrected chi connectivity index (χ1v) is 13.6. The third-order valence-electron chi connectivity index (χ3n) is 7.75. The molecule has 1 heteroatoms. The molecule has 30 heavy (non-hydrogen) atoms. The molecule has 0 nitrogen and oxygen atoms in total. The number of hydrogen-bond acceptors (Lipinski definition) is 0. The second-order valence-corrected chi connectivity index (χ2v) is 13.2. The summed E-state index contributed by atoms with van der Waals surface area (Å²) in [6.07, 6.45) is 2.19. The molecular weight excluding hydrogens is 376 g/mol. The summed E-state index contributed by atoms with van der Waals surface area (Å²) in [6.45, 7) is 11.8. The van der Waals surface area contributed by atoms with E-state index >= 15 is 0 Å². The molecule has 0 radical (unpaired) electrons. The van der Waals surface area contributed by atoms with Crippen LogP contribution in [-0.2, 0) is 12.8 Å². The molecule has 0 unspecified atom stereocenters. The Bertz CT molecular complexity index is 1150. The molecule has 2 aliphatic rings. The molecule has 0 heterocycles. The van der Waals surface area contributed by atoms with Gasteiger partial charge in [-0.3, -0.25) is 0 Å². The van der Waals surface area contributed by atoms with Crippen molar-refractivity contribution in [2.75, 3.05) is 0 Å². The second-order valence-electron chi connectivity index (χ2n) is 9.32. The smallest absolute Gasteiger partial charge is 0.0654 e. The molecule has 0 saturated heterocycles. The van der Waals surface area contributed by atoms with Gasteiger partial charge in [0.2, 0.25) is 0 Å². The predicted octanol–water partition coefficient (Wildman–Crippen LogP) is 5.49. The Labute approximate surface area is 182 Å². The van der Waals surface area contributed by atoms with E-state index in [1.54, 1.807) is 21.5 Å². The fraction of sp³-hybridized carbons (Fsp3) is 0.241. The van der Waals surface area contributed by atoms with Crippen LogP contribution in [-0.4, -0.2) is 8.07 Å². The van der Waals surface area contributed by atoms with Crippen molar-refractivity contribution in [2.24, 2.45) is 0 Å². The van der Waals surface area contributed by atoms with Crippen molar-refractivity contribution in [3.05, 3.63) is 100 Å². The summed E-state index contributed by atoms with van der Waals surface area (Å²) in [6, 6.07) is 25.4. The molecule has 0 aromatic heterocycles. The number of benzene rings is 3. The Kier molecular flexibility index (Phi) is 4.48. The van der Waals surface area contributed by atoms with E-state index in [-0.39, 0.29) is 0 Å². The summed E-state index contributed by atoms with van der Waals surface area (Å²) in [7, 11) is -2.16. The number of rotatable bonds is 3. The van der Waals surface area contributed by atoms with Gasteiger partial charge in [-0.15, -0.1) is 0 Å². The van der Waals surface area contributed by atoms with Crippen LogP contribution in [0.5, 0.6) is 0 Å². The first kappa shape index (κ1) is 19.3. The maximum Gasteiger partial charge on any atom is 0.146 e. The fourth-order valence-electron chi connectivity index (χ4n) is 5.68. The van der Waals surface area contributed by atoms with Crippen molar-refractivity contribution in [1.29, 1.82) is 0 Å². The van der Waals surface area contributed by atoms with Crippen molar-refractivity contribution >= 4 is 34.8 Å². The highest BCUT2D eigenvalue weighted by molar-refractivity contribution is 7.11. The number of hydrogen-bond donors (Lipinski definition) is 0. The zero-order chi connectivity index (χ0) is 21.0. The van der Waals surface area contributed by atoms with Gasteiger partial charge in [0.05, 0.1) is 0 Å². The summed E-state index contributed by atoms with van der Waals surface area (Å²) in [5.74, 6) is 0. The topological polar surface area (TPSA) is 0 Å². The lowest BCUT2D eigenvalue weighted by molar-refractivity contribution is 1.20. The monoisotopic (exact) mass is 406 g/mol.